The van der Waals surface area contributed by atoms with Crippen molar-refractivity contribution in [1.29, 1.82) is 0 Å². The summed E-state index contributed by atoms with van der Waals surface area (Å²) in [6.45, 7) is 2.63. The van der Waals surface area contributed by atoms with Crippen molar-refractivity contribution in [1.82, 2.24) is 9.97 Å². The summed E-state index contributed by atoms with van der Waals surface area (Å²) in [5.41, 5.74) is -0.938. The van der Waals surface area contributed by atoms with Gasteiger partial charge in [0.2, 0.25) is 5.95 Å². The van der Waals surface area contributed by atoms with Gasteiger partial charge in [0.1, 0.15) is 0 Å². The van der Waals surface area contributed by atoms with Crippen LogP contribution >= 0.6 is 0 Å². The molecule has 2 rings (SSSR count). The fraction of sp³-hybridized carbons (Fsp3) is 0.556. The quantitative estimate of drug-likeness (QED) is 0.717. The average molecular weight is 216 g/mol. The number of hydrogen-bond acceptors (Lipinski definition) is 3. The molecule has 1 aromatic rings. The van der Waals surface area contributed by atoms with E-state index in [1.54, 1.807) is 4.90 Å². The van der Waals surface area contributed by atoms with E-state index in [4.69, 9.17) is 0 Å². The normalized spacial score (nSPS) is 21.3. The molecule has 1 aliphatic rings. The molecule has 0 aromatic carbocycles. The van der Waals surface area contributed by atoms with E-state index in [-0.39, 0.29) is 12.0 Å². The van der Waals surface area contributed by atoms with Crippen molar-refractivity contribution in [2.24, 2.45) is 0 Å². The van der Waals surface area contributed by atoms with Gasteiger partial charge in [0.05, 0.1) is 6.20 Å². The van der Waals surface area contributed by atoms with Gasteiger partial charge in [-0.1, -0.05) is 0 Å². The Labute approximate surface area is 84.9 Å². The summed E-state index contributed by atoms with van der Waals surface area (Å²) in [4.78, 5) is 8.92. The highest BCUT2D eigenvalue weighted by Gasteiger charge is 2.34. The van der Waals surface area contributed by atoms with Gasteiger partial charge in [-0.3, -0.25) is 0 Å². The van der Waals surface area contributed by atoms with E-state index in [2.05, 4.69) is 16.2 Å². The van der Waals surface area contributed by atoms with Gasteiger partial charge in [0.15, 0.2) is 5.69 Å². The molecule has 15 heavy (non-hydrogen) atoms. The van der Waals surface area contributed by atoms with Crippen molar-refractivity contribution in [2.75, 3.05) is 11.4 Å². The standard InChI is InChI=1S/C9H9F3N3/c1-6-3-5-15(6)8-13-4-2-7(14-8)9(10,11)12/h2,6H,3,5H2,1H3/t6-/m0/s1. The Hall–Kier alpha value is -1.33. The summed E-state index contributed by atoms with van der Waals surface area (Å²) in [7, 11) is 0. The Kier molecular flexibility index (Phi) is 2.28. The van der Waals surface area contributed by atoms with Crippen LogP contribution < -0.4 is 4.90 Å². The lowest BCUT2D eigenvalue weighted by atomic mass is 10.1. The number of aromatic nitrogens is 2. The predicted molar refractivity (Wildman–Crippen MR) is 47.3 cm³/mol. The Balaban J connectivity index is 2.27. The lowest BCUT2D eigenvalue weighted by Crippen LogP contribution is -2.46. The molecule has 1 radical (unpaired) electrons. The third kappa shape index (κ3) is 1.88. The predicted octanol–water partition coefficient (Wildman–Crippen LogP) is 1.89. The Morgan fingerprint density at radius 2 is 2.27 bits per heavy atom. The van der Waals surface area contributed by atoms with E-state index >= 15 is 0 Å². The van der Waals surface area contributed by atoms with Gasteiger partial charge in [-0.05, 0) is 19.4 Å². The monoisotopic (exact) mass is 216 g/mol. The summed E-state index contributed by atoms with van der Waals surface area (Å²) >= 11 is 0. The summed E-state index contributed by atoms with van der Waals surface area (Å²) in [5, 5.41) is 0. The molecule has 1 aromatic heterocycles. The topological polar surface area (TPSA) is 29.0 Å². The molecule has 0 bridgehead atoms. The van der Waals surface area contributed by atoms with Crippen LogP contribution in [0.3, 0.4) is 0 Å². The van der Waals surface area contributed by atoms with E-state index in [1.807, 2.05) is 6.92 Å². The van der Waals surface area contributed by atoms with E-state index in [1.165, 1.54) is 0 Å². The molecule has 0 aliphatic carbocycles. The maximum Gasteiger partial charge on any atom is 0.433 e. The van der Waals surface area contributed by atoms with Gasteiger partial charge in [-0.2, -0.15) is 13.2 Å². The van der Waals surface area contributed by atoms with Crippen molar-refractivity contribution >= 4 is 5.95 Å². The summed E-state index contributed by atoms with van der Waals surface area (Å²) in [5.74, 6) is 0.114. The smallest absolute Gasteiger partial charge is 0.338 e. The minimum absolute atomic E-state index is 0.114. The van der Waals surface area contributed by atoms with Gasteiger partial charge >= 0.3 is 6.18 Å². The second kappa shape index (κ2) is 3.36. The molecule has 81 valence electrons. The Morgan fingerprint density at radius 1 is 1.53 bits per heavy atom. The second-order valence-electron chi connectivity index (χ2n) is 3.51. The zero-order valence-electron chi connectivity index (χ0n) is 8.04. The molecule has 1 saturated heterocycles. The highest BCUT2D eigenvalue weighted by atomic mass is 19.4. The van der Waals surface area contributed by atoms with Crippen molar-refractivity contribution in [3.8, 4) is 0 Å². The molecular weight excluding hydrogens is 207 g/mol. The first-order valence-electron chi connectivity index (χ1n) is 4.57. The summed E-state index contributed by atoms with van der Waals surface area (Å²) in [6, 6.07) is 0.968. The van der Waals surface area contributed by atoms with Crippen LogP contribution in [0.25, 0.3) is 0 Å². The lowest BCUT2D eigenvalue weighted by molar-refractivity contribution is -0.141. The molecule has 0 spiro atoms. The van der Waals surface area contributed by atoms with Gasteiger partial charge < -0.3 is 4.90 Å². The van der Waals surface area contributed by atoms with Crippen LogP contribution in [0, 0.1) is 6.20 Å². The fourth-order valence-electron chi connectivity index (χ4n) is 1.40. The molecule has 6 heteroatoms. The average Bonchev–Trinajstić information content (AvgIpc) is 2.15. The van der Waals surface area contributed by atoms with E-state index in [9.17, 15) is 13.2 Å². The molecule has 1 atom stereocenters. The first-order chi connectivity index (χ1) is 6.98. The van der Waals surface area contributed by atoms with Crippen LogP contribution in [0.1, 0.15) is 19.0 Å². The van der Waals surface area contributed by atoms with E-state index in [0.29, 0.717) is 6.54 Å². The molecule has 1 aliphatic heterocycles. The Morgan fingerprint density at radius 3 is 2.73 bits per heavy atom. The molecule has 0 N–H and O–H groups in total. The van der Waals surface area contributed by atoms with Crippen LogP contribution in [0.15, 0.2) is 6.07 Å². The van der Waals surface area contributed by atoms with Gasteiger partial charge in [-0.15, -0.1) is 0 Å². The summed E-state index contributed by atoms with van der Waals surface area (Å²) < 4.78 is 37.0. The van der Waals surface area contributed by atoms with Crippen LogP contribution in [0.2, 0.25) is 0 Å². The van der Waals surface area contributed by atoms with Crippen LogP contribution in [-0.2, 0) is 6.18 Å². The molecule has 0 saturated carbocycles. The molecule has 3 nitrogen and oxygen atoms in total. The SMILES string of the molecule is C[C@H]1CCN1c1n[c]cc(C(F)(F)F)n1. The molecule has 2 heterocycles. The van der Waals surface area contributed by atoms with Crippen LogP contribution in [0.5, 0.6) is 0 Å². The highest BCUT2D eigenvalue weighted by molar-refractivity contribution is 5.35. The minimum atomic E-state index is -4.43. The molecule has 0 amide bonds. The Bertz CT molecular complexity index is 364. The highest BCUT2D eigenvalue weighted by Crippen LogP contribution is 2.29. The van der Waals surface area contributed by atoms with Gasteiger partial charge in [0.25, 0.3) is 0 Å². The lowest BCUT2D eigenvalue weighted by Gasteiger charge is -2.38. The van der Waals surface area contributed by atoms with Crippen molar-refractivity contribution in [2.45, 2.75) is 25.6 Å². The fourth-order valence-corrected chi connectivity index (χ4v) is 1.40. The first kappa shape index (κ1) is 10.2. The number of halogens is 3. The summed E-state index contributed by atoms with van der Waals surface area (Å²) in [6.07, 6.45) is -1.24. The maximum atomic E-state index is 12.3. The zero-order chi connectivity index (χ0) is 11.1. The van der Waals surface area contributed by atoms with E-state index in [0.717, 1.165) is 12.5 Å². The number of alkyl halides is 3. The van der Waals surface area contributed by atoms with Crippen molar-refractivity contribution < 1.29 is 13.2 Å². The van der Waals surface area contributed by atoms with Gasteiger partial charge in [0, 0.05) is 12.6 Å². The van der Waals surface area contributed by atoms with Crippen LogP contribution in [0.4, 0.5) is 19.1 Å². The second-order valence-corrected chi connectivity index (χ2v) is 3.51. The van der Waals surface area contributed by atoms with Crippen molar-refractivity contribution in [3.05, 3.63) is 18.0 Å². The molecule has 0 unspecified atom stereocenters. The molecule has 1 fully saturated rings. The minimum Gasteiger partial charge on any atom is -0.338 e. The number of hydrogen-bond donors (Lipinski definition) is 0. The van der Waals surface area contributed by atoms with Crippen LogP contribution in [-0.4, -0.2) is 22.6 Å². The van der Waals surface area contributed by atoms with Crippen molar-refractivity contribution in [3.63, 3.8) is 0 Å². The number of anilines is 1. The number of nitrogens with zero attached hydrogens (tertiary/aromatic N) is 3. The third-order valence-corrected chi connectivity index (χ3v) is 2.45. The number of rotatable bonds is 1. The third-order valence-electron chi connectivity index (χ3n) is 2.45. The largest absolute Gasteiger partial charge is 0.433 e. The first-order valence-corrected chi connectivity index (χ1v) is 4.57. The molecular formula is C9H9F3N3. The maximum absolute atomic E-state index is 12.3. The van der Waals surface area contributed by atoms with Gasteiger partial charge in [-0.25, -0.2) is 9.97 Å². The zero-order valence-corrected chi connectivity index (χ0v) is 8.04. The van der Waals surface area contributed by atoms with E-state index < -0.39 is 11.9 Å².